The molecule has 1 N–H and O–H groups in total. The lowest BCUT2D eigenvalue weighted by Gasteiger charge is -2.21. The van der Waals surface area contributed by atoms with Crippen LogP contribution in [-0.4, -0.2) is 41.6 Å². The molecule has 0 saturated carbocycles. The van der Waals surface area contributed by atoms with E-state index in [0.717, 1.165) is 4.88 Å². The van der Waals surface area contributed by atoms with Crippen molar-refractivity contribution in [1.29, 1.82) is 0 Å². The molecule has 2 amide bonds. The fourth-order valence-corrected chi connectivity index (χ4v) is 2.84. The summed E-state index contributed by atoms with van der Waals surface area (Å²) in [5, 5.41) is 2.76. The van der Waals surface area contributed by atoms with E-state index in [1.54, 1.807) is 6.07 Å². The summed E-state index contributed by atoms with van der Waals surface area (Å²) in [5.74, 6) is -0.359. The van der Waals surface area contributed by atoms with Gasteiger partial charge in [0.25, 0.3) is 0 Å². The van der Waals surface area contributed by atoms with Crippen LogP contribution < -0.4 is 5.32 Å². The second kappa shape index (κ2) is 8.68. The minimum atomic E-state index is -0.176. The fourth-order valence-electron chi connectivity index (χ4n) is 2.00. The van der Waals surface area contributed by atoms with E-state index in [0.29, 0.717) is 11.4 Å². The first-order valence-electron chi connectivity index (χ1n) is 7.50. The minimum Gasteiger partial charge on any atom is -0.352 e. The van der Waals surface area contributed by atoms with Crippen LogP contribution in [0.15, 0.2) is 12.1 Å². The molecule has 0 bridgehead atoms. The first-order chi connectivity index (χ1) is 10.3. The standard InChI is InChI=1S/C16H24N2O3S/c1-5-18(10-15(20)17-11(2)3)16(21)9-7-13(19)14-8-6-12(4)22-14/h6,8,11H,5,7,9-10H2,1-4H3,(H,17,20). The molecule has 0 atom stereocenters. The maximum Gasteiger partial charge on any atom is 0.239 e. The van der Waals surface area contributed by atoms with E-state index in [4.69, 9.17) is 0 Å². The van der Waals surface area contributed by atoms with E-state index in [1.165, 1.54) is 16.2 Å². The Bertz CT molecular complexity index is 537. The molecule has 0 spiro atoms. The number of nitrogens with one attached hydrogen (secondary N) is 1. The van der Waals surface area contributed by atoms with Crippen molar-refractivity contribution in [3.8, 4) is 0 Å². The number of hydrogen-bond acceptors (Lipinski definition) is 4. The van der Waals surface area contributed by atoms with Crippen LogP contribution in [0.5, 0.6) is 0 Å². The van der Waals surface area contributed by atoms with E-state index < -0.39 is 0 Å². The Kier molecular flexibility index (Phi) is 7.24. The maximum absolute atomic E-state index is 12.1. The Morgan fingerprint density at radius 2 is 1.91 bits per heavy atom. The second-order valence-electron chi connectivity index (χ2n) is 5.46. The monoisotopic (exact) mass is 324 g/mol. The van der Waals surface area contributed by atoms with Gasteiger partial charge in [-0.15, -0.1) is 11.3 Å². The highest BCUT2D eigenvalue weighted by Gasteiger charge is 2.18. The van der Waals surface area contributed by atoms with Crippen LogP contribution >= 0.6 is 11.3 Å². The number of hydrogen-bond donors (Lipinski definition) is 1. The second-order valence-corrected chi connectivity index (χ2v) is 6.75. The summed E-state index contributed by atoms with van der Waals surface area (Å²) < 4.78 is 0. The van der Waals surface area contributed by atoms with Gasteiger partial charge in [-0.25, -0.2) is 0 Å². The quantitative estimate of drug-likeness (QED) is 0.747. The number of amides is 2. The number of nitrogens with zero attached hydrogens (tertiary/aromatic N) is 1. The van der Waals surface area contributed by atoms with Crippen LogP contribution in [0.4, 0.5) is 0 Å². The van der Waals surface area contributed by atoms with Crippen molar-refractivity contribution in [1.82, 2.24) is 10.2 Å². The highest BCUT2D eigenvalue weighted by molar-refractivity contribution is 7.14. The lowest BCUT2D eigenvalue weighted by Crippen LogP contribution is -2.42. The van der Waals surface area contributed by atoms with Crippen LogP contribution in [0.1, 0.15) is 48.2 Å². The molecule has 0 saturated heterocycles. The SMILES string of the molecule is CCN(CC(=O)NC(C)C)C(=O)CCC(=O)c1ccc(C)s1. The molecule has 1 aromatic heterocycles. The first-order valence-corrected chi connectivity index (χ1v) is 8.32. The van der Waals surface area contributed by atoms with Gasteiger partial charge in [0.15, 0.2) is 5.78 Å². The maximum atomic E-state index is 12.1. The molecular formula is C16H24N2O3S. The van der Waals surface area contributed by atoms with Crippen molar-refractivity contribution in [3.63, 3.8) is 0 Å². The van der Waals surface area contributed by atoms with Crippen molar-refractivity contribution in [2.75, 3.05) is 13.1 Å². The zero-order valence-electron chi connectivity index (χ0n) is 13.6. The van der Waals surface area contributed by atoms with Crippen LogP contribution in [0.25, 0.3) is 0 Å². The topological polar surface area (TPSA) is 66.5 Å². The summed E-state index contributed by atoms with van der Waals surface area (Å²) in [7, 11) is 0. The van der Waals surface area contributed by atoms with Gasteiger partial charge in [0, 0.05) is 30.3 Å². The van der Waals surface area contributed by atoms with Gasteiger partial charge in [0.05, 0.1) is 11.4 Å². The molecule has 0 aromatic carbocycles. The Labute approximate surface area is 135 Å². The Morgan fingerprint density at radius 1 is 1.23 bits per heavy atom. The van der Waals surface area contributed by atoms with Crippen molar-refractivity contribution in [3.05, 3.63) is 21.9 Å². The van der Waals surface area contributed by atoms with E-state index in [1.807, 2.05) is 33.8 Å². The fraction of sp³-hybridized carbons (Fsp3) is 0.562. The average Bonchev–Trinajstić information content (AvgIpc) is 2.87. The molecule has 122 valence electrons. The van der Waals surface area contributed by atoms with Gasteiger partial charge in [-0.05, 0) is 39.8 Å². The molecule has 5 nitrogen and oxygen atoms in total. The lowest BCUT2D eigenvalue weighted by atomic mass is 10.1. The van der Waals surface area contributed by atoms with Gasteiger partial charge in [0.1, 0.15) is 0 Å². The lowest BCUT2D eigenvalue weighted by molar-refractivity contribution is -0.136. The summed E-state index contributed by atoms with van der Waals surface area (Å²) in [5.41, 5.74) is 0. The average molecular weight is 324 g/mol. The van der Waals surface area contributed by atoms with Gasteiger partial charge < -0.3 is 10.2 Å². The number of Topliss-reactive ketones (excluding diaryl/α,β-unsaturated/α-hetero) is 1. The Morgan fingerprint density at radius 3 is 2.41 bits per heavy atom. The van der Waals surface area contributed by atoms with E-state index in [-0.39, 0.29) is 43.0 Å². The zero-order chi connectivity index (χ0) is 16.7. The van der Waals surface area contributed by atoms with Gasteiger partial charge in [-0.3, -0.25) is 14.4 Å². The van der Waals surface area contributed by atoms with Gasteiger partial charge in [0.2, 0.25) is 11.8 Å². The number of carbonyl (C=O) groups excluding carboxylic acids is 3. The number of aryl methyl sites for hydroxylation is 1. The summed E-state index contributed by atoms with van der Waals surface area (Å²) in [6, 6.07) is 3.74. The van der Waals surface area contributed by atoms with Gasteiger partial charge >= 0.3 is 0 Å². The number of ketones is 1. The molecule has 0 unspecified atom stereocenters. The molecule has 6 heteroatoms. The predicted octanol–water partition coefficient (Wildman–Crippen LogP) is 2.39. The van der Waals surface area contributed by atoms with Crippen LogP contribution in [0.2, 0.25) is 0 Å². The number of rotatable bonds is 8. The summed E-state index contributed by atoms with van der Waals surface area (Å²) in [6.45, 7) is 8.01. The van der Waals surface area contributed by atoms with Crippen LogP contribution in [0, 0.1) is 6.92 Å². The molecule has 0 aliphatic rings. The molecule has 22 heavy (non-hydrogen) atoms. The largest absolute Gasteiger partial charge is 0.352 e. The van der Waals surface area contributed by atoms with Crippen LogP contribution in [0.3, 0.4) is 0 Å². The summed E-state index contributed by atoms with van der Waals surface area (Å²) in [6.07, 6.45) is 0.319. The molecule has 0 fully saturated rings. The van der Waals surface area contributed by atoms with Gasteiger partial charge in [-0.2, -0.15) is 0 Å². The summed E-state index contributed by atoms with van der Waals surface area (Å²) in [4.78, 5) is 39.1. The van der Waals surface area contributed by atoms with E-state index >= 15 is 0 Å². The molecule has 1 aromatic rings. The Balaban J connectivity index is 2.48. The molecule has 1 heterocycles. The summed E-state index contributed by atoms with van der Waals surface area (Å²) >= 11 is 1.44. The normalized spacial score (nSPS) is 10.6. The first kappa shape index (κ1) is 18.4. The molecule has 1 rings (SSSR count). The van der Waals surface area contributed by atoms with Crippen LogP contribution in [-0.2, 0) is 9.59 Å². The highest BCUT2D eigenvalue weighted by Crippen LogP contribution is 2.17. The van der Waals surface area contributed by atoms with Gasteiger partial charge in [-0.1, -0.05) is 0 Å². The van der Waals surface area contributed by atoms with Crippen molar-refractivity contribution < 1.29 is 14.4 Å². The number of likely N-dealkylation sites (N-methyl/N-ethyl adjacent to an activating group) is 1. The molecule has 0 aliphatic heterocycles. The number of thiophene rings is 1. The Hall–Kier alpha value is -1.69. The van der Waals surface area contributed by atoms with Crippen molar-refractivity contribution >= 4 is 28.9 Å². The third-order valence-electron chi connectivity index (χ3n) is 3.10. The van der Waals surface area contributed by atoms with E-state index in [2.05, 4.69) is 5.32 Å². The smallest absolute Gasteiger partial charge is 0.239 e. The van der Waals surface area contributed by atoms with Crippen molar-refractivity contribution in [2.45, 2.75) is 46.6 Å². The zero-order valence-corrected chi connectivity index (χ0v) is 14.5. The highest BCUT2D eigenvalue weighted by atomic mass is 32.1. The molecule has 0 radical (unpaired) electrons. The third kappa shape index (κ3) is 5.97. The number of carbonyl (C=O) groups is 3. The molecule has 0 aliphatic carbocycles. The predicted molar refractivity (Wildman–Crippen MR) is 88.2 cm³/mol. The van der Waals surface area contributed by atoms with Crippen molar-refractivity contribution in [2.24, 2.45) is 0 Å². The van der Waals surface area contributed by atoms with E-state index in [9.17, 15) is 14.4 Å². The third-order valence-corrected chi connectivity index (χ3v) is 4.14. The molecular weight excluding hydrogens is 300 g/mol. The minimum absolute atomic E-state index is 0.0193.